The maximum Gasteiger partial charge on any atom is 0.411 e. The van der Waals surface area contributed by atoms with Gasteiger partial charge >= 0.3 is 12.1 Å². The molecule has 1 aliphatic carbocycles. The number of carboxylic acid groups (broad SMARTS) is 1. The minimum atomic E-state index is -1.03. The topological polar surface area (TPSA) is 75.6 Å². The standard InChI is InChI=1S/C22H16BrNO4/c23-19-11-13(21(25)26)9-10-20(19)24-22(27)28-12-18-16-7-3-1-5-14(16)15-6-2-4-8-17(15)18/h1-11,18H,12H2,(H,24,27)(H,25,26). The molecule has 0 radical (unpaired) electrons. The summed E-state index contributed by atoms with van der Waals surface area (Å²) in [6.45, 7) is 0.213. The Morgan fingerprint density at radius 2 is 1.57 bits per heavy atom. The lowest BCUT2D eigenvalue weighted by atomic mass is 9.98. The minimum Gasteiger partial charge on any atom is -0.478 e. The number of fused-ring (bicyclic) bond motifs is 3. The Morgan fingerprint density at radius 1 is 0.964 bits per heavy atom. The lowest BCUT2D eigenvalue weighted by Crippen LogP contribution is -2.18. The van der Waals surface area contributed by atoms with Crippen molar-refractivity contribution in [3.05, 3.63) is 87.9 Å². The average molecular weight is 438 g/mol. The van der Waals surface area contributed by atoms with Crippen molar-refractivity contribution in [2.75, 3.05) is 11.9 Å². The first kappa shape index (κ1) is 18.3. The van der Waals surface area contributed by atoms with E-state index in [2.05, 4.69) is 45.5 Å². The molecule has 0 fully saturated rings. The van der Waals surface area contributed by atoms with Gasteiger partial charge in [0, 0.05) is 10.4 Å². The van der Waals surface area contributed by atoms with E-state index in [-0.39, 0.29) is 18.1 Å². The Bertz CT molecular complexity index is 1030. The summed E-state index contributed by atoms with van der Waals surface area (Å²) >= 11 is 3.27. The second kappa shape index (κ2) is 7.48. The highest BCUT2D eigenvalue weighted by Gasteiger charge is 2.29. The lowest BCUT2D eigenvalue weighted by Gasteiger charge is -2.15. The summed E-state index contributed by atoms with van der Waals surface area (Å²) in [5, 5.41) is 11.7. The van der Waals surface area contributed by atoms with Crippen LogP contribution in [0.5, 0.6) is 0 Å². The number of hydrogen-bond donors (Lipinski definition) is 2. The van der Waals surface area contributed by atoms with E-state index in [4.69, 9.17) is 9.84 Å². The summed E-state index contributed by atoms with van der Waals surface area (Å²) in [5.41, 5.74) is 5.19. The van der Waals surface area contributed by atoms with Gasteiger partial charge in [-0.15, -0.1) is 0 Å². The number of carbonyl (C=O) groups is 2. The van der Waals surface area contributed by atoms with Crippen molar-refractivity contribution in [3.63, 3.8) is 0 Å². The van der Waals surface area contributed by atoms with Gasteiger partial charge < -0.3 is 9.84 Å². The van der Waals surface area contributed by atoms with E-state index >= 15 is 0 Å². The molecule has 4 rings (SSSR count). The quantitative estimate of drug-likeness (QED) is 0.564. The van der Waals surface area contributed by atoms with Gasteiger partial charge in [0.25, 0.3) is 0 Å². The highest BCUT2D eigenvalue weighted by molar-refractivity contribution is 9.10. The summed E-state index contributed by atoms with van der Waals surface area (Å²) in [6.07, 6.45) is -0.592. The van der Waals surface area contributed by atoms with Crippen LogP contribution in [0.15, 0.2) is 71.2 Å². The first-order valence-corrected chi connectivity index (χ1v) is 9.48. The van der Waals surface area contributed by atoms with Crippen LogP contribution in [0.25, 0.3) is 11.1 Å². The molecule has 0 spiro atoms. The number of benzene rings is 3. The molecule has 0 unspecified atom stereocenters. The molecule has 0 aliphatic heterocycles. The van der Waals surface area contributed by atoms with Crippen LogP contribution in [-0.2, 0) is 4.74 Å². The number of carboxylic acids is 1. The Kier molecular flexibility index (Phi) is 4.88. The van der Waals surface area contributed by atoms with Crippen LogP contribution in [-0.4, -0.2) is 23.8 Å². The predicted octanol–water partition coefficient (Wildman–Crippen LogP) is 5.51. The monoisotopic (exact) mass is 437 g/mol. The summed E-state index contributed by atoms with van der Waals surface area (Å²) < 4.78 is 5.96. The molecular weight excluding hydrogens is 422 g/mol. The fraction of sp³-hybridized carbons (Fsp3) is 0.0909. The molecule has 0 bridgehead atoms. The Hall–Kier alpha value is -3.12. The average Bonchev–Trinajstić information content (AvgIpc) is 3.02. The summed E-state index contributed by atoms with van der Waals surface area (Å²) in [7, 11) is 0. The van der Waals surface area contributed by atoms with Gasteiger partial charge in [-0.25, -0.2) is 9.59 Å². The van der Waals surface area contributed by atoms with Crippen LogP contribution in [0.3, 0.4) is 0 Å². The molecule has 0 saturated carbocycles. The zero-order valence-corrected chi connectivity index (χ0v) is 16.3. The van der Waals surface area contributed by atoms with E-state index < -0.39 is 12.1 Å². The van der Waals surface area contributed by atoms with Crippen molar-refractivity contribution >= 4 is 33.7 Å². The largest absolute Gasteiger partial charge is 0.478 e. The maximum atomic E-state index is 12.3. The van der Waals surface area contributed by atoms with Gasteiger partial charge in [0.1, 0.15) is 6.61 Å². The number of ether oxygens (including phenoxy) is 1. The molecule has 0 aromatic heterocycles. The predicted molar refractivity (Wildman–Crippen MR) is 110 cm³/mol. The molecule has 140 valence electrons. The zero-order valence-electron chi connectivity index (χ0n) is 14.7. The third-order valence-electron chi connectivity index (χ3n) is 4.80. The molecule has 0 atom stereocenters. The Balaban J connectivity index is 1.48. The number of amides is 1. The molecule has 3 aromatic rings. The molecule has 5 nitrogen and oxygen atoms in total. The molecule has 6 heteroatoms. The lowest BCUT2D eigenvalue weighted by molar-refractivity contribution is 0.0697. The molecule has 1 amide bonds. The van der Waals surface area contributed by atoms with Crippen molar-refractivity contribution in [3.8, 4) is 11.1 Å². The third kappa shape index (κ3) is 3.39. The van der Waals surface area contributed by atoms with Crippen molar-refractivity contribution in [1.82, 2.24) is 0 Å². The fourth-order valence-electron chi connectivity index (χ4n) is 3.49. The first-order valence-electron chi connectivity index (χ1n) is 8.69. The van der Waals surface area contributed by atoms with Crippen LogP contribution in [0, 0.1) is 0 Å². The van der Waals surface area contributed by atoms with Gasteiger partial charge in [0.05, 0.1) is 11.3 Å². The number of carbonyl (C=O) groups excluding carboxylic acids is 1. The van der Waals surface area contributed by atoms with Crippen LogP contribution < -0.4 is 5.32 Å². The van der Waals surface area contributed by atoms with Crippen molar-refractivity contribution < 1.29 is 19.4 Å². The number of anilines is 1. The Labute approximate surface area is 170 Å². The minimum absolute atomic E-state index is 0.0176. The maximum absolute atomic E-state index is 12.3. The van der Waals surface area contributed by atoms with Gasteiger partial charge in [0.15, 0.2) is 0 Å². The van der Waals surface area contributed by atoms with Gasteiger partial charge in [0.2, 0.25) is 0 Å². The molecule has 28 heavy (non-hydrogen) atoms. The fourth-order valence-corrected chi connectivity index (χ4v) is 3.97. The van der Waals surface area contributed by atoms with E-state index in [9.17, 15) is 9.59 Å². The van der Waals surface area contributed by atoms with Gasteiger partial charge in [-0.05, 0) is 56.4 Å². The van der Waals surface area contributed by atoms with E-state index in [1.54, 1.807) is 0 Å². The Morgan fingerprint density at radius 3 is 2.14 bits per heavy atom. The van der Waals surface area contributed by atoms with E-state index in [0.29, 0.717) is 10.2 Å². The second-order valence-electron chi connectivity index (χ2n) is 6.45. The van der Waals surface area contributed by atoms with Crippen LogP contribution >= 0.6 is 15.9 Å². The van der Waals surface area contributed by atoms with E-state index in [1.165, 1.54) is 29.3 Å². The second-order valence-corrected chi connectivity index (χ2v) is 7.30. The van der Waals surface area contributed by atoms with Gasteiger partial charge in [-0.2, -0.15) is 0 Å². The van der Waals surface area contributed by atoms with Crippen LogP contribution in [0.4, 0.5) is 10.5 Å². The number of halogens is 1. The summed E-state index contributed by atoms with van der Waals surface area (Å²) in [4.78, 5) is 23.3. The molecular formula is C22H16BrNO4. The van der Waals surface area contributed by atoms with Crippen LogP contribution in [0.1, 0.15) is 27.4 Å². The van der Waals surface area contributed by atoms with Crippen molar-refractivity contribution in [2.45, 2.75) is 5.92 Å². The smallest absolute Gasteiger partial charge is 0.411 e. The molecule has 3 aromatic carbocycles. The highest BCUT2D eigenvalue weighted by Crippen LogP contribution is 2.44. The molecule has 2 N–H and O–H groups in total. The van der Waals surface area contributed by atoms with Crippen LogP contribution in [0.2, 0.25) is 0 Å². The summed E-state index contributed by atoms with van der Waals surface area (Å²) in [6, 6.07) is 20.6. The van der Waals surface area contributed by atoms with Crippen molar-refractivity contribution in [2.24, 2.45) is 0 Å². The highest BCUT2D eigenvalue weighted by atomic mass is 79.9. The van der Waals surface area contributed by atoms with Crippen molar-refractivity contribution in [1.29, 1.82) is 0 Å². The third-order valence-corrected chi connectivity index (χ3v) is 5.45. The van der Waals surface area contributed by atoms with Gasteiger partial charge in [-0.3, -0.25) is 5.32 Å². The zero-order chi connectivity index (χ0) is 19.7. The number of hydrogen-bond acceptors (Lipinski definition) is 3. The number of aromatic carboxylic acids is 1. The van der Waals surface area contributed by atoms with E-state index in [0.717, 1.165) is 11.1 Å². The number of rotatable bonds is 4. The normalized spacial score (nSPS) is 12.2. The number of nitrogens with one attached hydrogen (secondary N) is 1. The first-order chi connectivity index (χ1) is 13.5. The molecule has 0 saturated heterocycles. The summed E-state index contributed by atoms with van der Waals surface area (Å²) in [5.74, 6) is -1.05. The molecule has 0 heterocycles. The molecule has 1 aliphatic rings. The SMILES string of the molecule is O=C(Nc1ccc(C(=O)O)cc1Br)OCC1c2ccccc2-c2ccccc21. The van der Waals surface area contributed by atoms with E-state index in [1.807, 2.05) is 24.3 Å². The van der Waals surface area contributed by atoms with Gasteiger partial charge in [-0.1, -0.05) is 48.5 Å².